The van der Waals surface area contributed by atoms with Crippen LogP contribution in [0.2, 0.25) is 0 Å². The number of carbonyl (C=O) groups excluding carboxylic acids is 1. The Labute approximate surface area is 124 Å². The highest BCUT2D eigenvalue weighted by molar-refractivity contribution is 9.10. The number of non-ortho nitro benzene ring substituents is 1. The van der Waals surface area contributed by atoms with Gasteiger partial charge in [0.2, 0.25) is 5.91 Å². The van der Waals surface area contributed by atoms with Crippen LogP contribution in [0, 0.1) is 10.1 Å². The van der Waals surface area contributed by atoms with Gasteiger partial charge in [0.25, 0.3) is 5.69 Å². The van der Waals surface area contributed by atoms with E-state index in [0.29, 0.717) is 10.2 Å². The number of carbonyl (C=O) groups is 1. The van der Waals surface area contributed by atoms with E-state index < -0.39 is 22.5 Å². The lowest BCUT2D eigenvalue weighted by Crippen LogP contribution is -2.51. The highest BCUT2D eigenvalue weighted by Gasteiger charge is 2.29. The number of amides is 1. The zero-order valence-electron chi connectivity index (χ0n) is 11.1. The van der Waals surface area contributed by atoms with Crippen molar-refractivity contribution in [3.63, 3.8) is 0 Å². The van der Waals surface area contributed by atoms with Crippen LogP contribution >= 0.6 is 15.9 Å². The monoisotopic (exact) mass is 345 g/mol. The molecular weight excluding hydrogens is 330 g/mol. The van der Waals surface area contributed by atoms with Gasteiger partial charge in [-0.3, -0.25) is 14.9 Å². The van der Waals surface area contributed by atoms with Gasteiger partial charge in [0.1, 0.15) is 5.75 Å². The molecule has 4 N–H and O–H groups in total. The summed E-state index contributed by atoms with van der Waals surface area (Å²) in [4.78, 5) is 21.4. The van der Waals surface area contributed by atoms with E-state index in [1.807, 2.05) is 0 Å². The van der Waals surface area contributed by atoms with Crippen molar-refractivity contribution in [3.05, 3.63) is 32.8 Å². The molecule has 8 heteroatoms. The Morgan fingerprint density at radius 2 is 2.15 bits per heavy atom. The average molecular weight is 346 g/mol. The van der Waals surface area contributed by atoms with E-state index >= 15 is 0 Å². The molecule has 0 saturated carbocycles. The van der Waals surface area contributed by atoms with Crippen molar-refractivity contribution in [2.75, 3.05) is 0 Å². The molecule has 20 heavy (non-hydrogen) atoms. The van der Waals surface area contributed by atoms with Crippen LogP contribution in [0.25, 0.3) is 0 Å². The molecule has 2 atom stereocenters. The van der Waals surface area contributed by atoms with Gasteiger partial charge in [0.15, 0.2) is 0 Å². The Kier molecular flexibility index (Phi) is 5.07. The van der Waals surface area contributed by atoms with E-state index in [-0.39, 0.29) is 12.1 Å². The van der Waals surface area contributed by atoms with E-state index in [0.717, 1.165) is 0 Å². The van der Waals surface area contributed by atoms with Gasteiger partial charge in [0, 0.05) is 17.0 Å². The first-order valence-corrected chi connectivity index (χ1v) is 6.61. The van der Waals surface area contributed by atoms with Crippen molar-refractivity contribution in [1.82, 2.24) is 0 Å². The first-order chi connectivity index (χ1) is 9.11. The lowest BCUT2D eigenvalue weighted by molar-refractivity contribution is -0.385. The van der Waals surface area contributed by atoms with Crippen LogP contribution in [0.4, 0.5) is 5.69 Å². The molecule has 0 saturated heterocycles. The molecule has 0 spiro atoms. The van der Waals surface area contributed by atoms with Gasteiger partial charge >= 0.3 is 0 Å². The van der Waals surface area contributed by atoms with Gasteiger partial charge < -0.3 is 16.2 Å². The number of ether oxygens (including phenoxy) is 1. The number of rotatable bonds is 6. The van der Waals surface area contributed by atoms with Gasteiger partial charge in [-0.2, -0.15) is 0 Å². The van der Waals surface area contributed by atoms with Crippen molar-refractivity contribution in [3.8, 4) is 5.75 Å². The molecule has 2 unspecified atom stereocenters. The standard InChI is InChI=1S/C12H16BrN3O4/c1-7(6-12(2,15)11(14)17)20-10-4-8(13)3-9(5-10)16(18)19/h3-5,7H,6,15H2,1-2H3,(H2,14,17). The molecule has 0 aliphatic rings. The number of nitrogens with two attached hydrogens (primary N) is 2. The minimum Gasteiger partial charge on any atom is -0.490 e. The normalized spacial score (nSPS) is 15.2. The molecule has 1 aromatic rings. The molecule has 0 bridgehead atoms. The quantitative estimate of drug-likeness (QED) is 0.600. The Bertz CT molecular complexity index is 533. The first kappa shape index (κ1) is 16.4. The summed E-state index contributed by atoms with van der Waals surface area (Å²) >= 11 is 3.17. The van der Waals surface area contributed by atoms with Gasteiger partial charge in [-0.1, -0.05) is 15.9 Å². The highest BCUT2D eigenvalue weighted by atomic mass is 79.9. The second-order valence-corrected chi connectivity index (χ2v) is 5.73. The van der Waals surface area contributed by atoms with Crippen molar-refractivity contribution in [2.24, 2.45) is 11.5 Å². The van der Waals surface area contributed by atoms with Crippen LogP contribution in [0.5, 0.6) is 5.75 Å². The Balaban J connectivity index is 2.83. The van der Waals surface area contributed by atoms with Crippen LogP contribution in [-0.4, -0.2) is 22.5 Å². The number of nitro benzene ring substituents is 1. The number of benzene rings is 1. The highest BCUT2D eigenvalue weighted by Crippen LogP contribution is 2.27. The third-order valence-electron chi connectivity index (χ3n) is 2.68. The van der Waals surface area contributed by atoms with Crippen LogP contribution in [-0.2, 0) is 4.79 Å². The largest absolute Gasteiger partial charge is 0.490 e. The number of nitro groups is 1. The second-order valence-electron chi connectivity index (χ2n) is 4.82. The molecule has 1 amide bonds. The average Bonchev–Trinajstić information content (AvgIpc) is 2.26. The first-order valence-electron chi connectivity index (χ1n) is 5.82. The number of primary amides is 1. The Morgan fingerprint density at radius 1 is 1.55 bits per heavy atom. The smallest absolute Gasteiger partial charge is 0.274 e. The van der Waals surface area contributed by atoms with Gasteiger partial charge in [-0.25, -0.2) is 0 Å². The number of hydrogen-bond acceptors (Lipinski definition) is 5. The fourth-order valence-electron chi connectivity index (χ4n) is 1.69. The minimum atomic E-state index is -1.20. The van der Waals surface area contributed by atoms with Crippen LogP contribution in [0.3, 0.4) is 0 Å². The summed E-state index contributed by atoms with van der Waals surface area (Å²) < 4.78 is 6.08. The molecule has 0 heterocycles. The molecule has 1 rings (SSSR count). The number of hydrogen-bond donors (Lipinski definition) is 2. The van der Waals surface area contributed by atoms with Gasteiger partial charge in [0.05, 0.1) is 22.6 Å². The summed E-state index contributed by atoms with van der Waals surface area (Å²) in [7, 11) is 0. The van der Waals surface area contributed by atoms with Crippen molar-refractivity contribution in [1.29, 1.82) is 0 Å². The summed E-state index contributed by atoms with van der Waals surface area (Å²) in [6.45, 7) is 3.22. The van der Waals surface area contributed by atoms with Crippen molar-refractivity contribution >= 4 is 27.5 Å². The summed E-state index contributed by atoms with van der Waals surface area (Å²) in [5.74, 6) is -0.313. The summed E-state index contributed by atoms with van der Waals surface area (Å²) in [6, 6.07) is 4.27. The number of halogens is 1. The summed E-state index contributed by atoms with van der Waals surface area (Å²) in [5, 5.41) is 10.8. The zero-order valence-corrected chi connectivity index (χ0v) is 12.7. The minimum absolute atomic E-state index is 0.0908. The van der Waals surface area contributed by atoms with Crippen molar-refractivity contribution in [2.45, 2.75) is 31.9 Å². The third-order valence-corrected chi connectivity index (χ3v) is 3.14. The summed E-state index contributed by atoms with van der Waals surface area (Å²) in [6.07, 6.45) is -0.228. The molecule has 0 radical (unpaired) electrons. The molecule has 0 aliphatic carbocycles. The fraction of sp³-hybridized carbons (Fsp3) is 0.417. The Morgan fingerprint density at radius 3 is 2.65 bits per heavy atom. The topological polar surface area (TPSA) is 121 Å². The van der Waals surface area contributed by atoms with E-state index in [1.165, 1.54) is 19.1 Å². The lowest BCUT2D eigenvalue weighted by atomic mass is 9.95. The maximum absolute atomic E-state index is 11.2. The summed E-state index contributed by atoms with van der Waals surface area (Å²) in [5.41, 5.74) is 9.65. The fourth-order valence-corrected chi connectivity index (χ4v) is 2.15. The molecule has 0 aromatic heterocycles. The van der Waals surface area contributed by atoms with Crippen LogP contribution in [0.1, 0.15) is 20.3 Å². The van der Waals surface area contributed by atoms with E-state index in [9.17, 15) is 14.9 Å². The van der Waals surface area contributed by atoms with Crippen LogP contribution in [0.15, 0.2) is 22.7 Å². The van der Waals surface area contributed by atoms with Gasteiger partial charge in [-0.05, 0) is 19.9 Å². The predicted molar refractivity (Wildman–Crippen MR) is 77.3 cm³/mol. The number of nitrogens with zero attached hydrogens (tertiary/aromatic N) is 1. The third kappa shape index (κ3) is 4.46. The lowest BCUT2D eigenvalue weighted by Gasteiger charge is -2.25. The molecule has 0 aliphatic heterocycles. The van der Waals surface area contributed by atoms with Gasteiger partial charge in [-0.15, -0.1) is 0 Å². The van der Waals surface area contributed by atoms with E-state index in [2.05, 4.69) is 15.9 Å². The second kappa shape index (κ2) is 6.19. The zero-order chi connectivity index (χ0) is 15.5. The molecule has 1 aromatic carbocycles. The SMILES string of the molecule is CC(CC(C)(N)C(N)=O)Oc1cc(Br)cc([N+](=O)[O-])c1. The van der Waals surface area contributed by atoms with Crippen molar-refractivity contribution < 1.29 is 14.5 Å². The molecule has 110 valence electrons. The molecule has 7 nitrogen and oxygen atoms in total. The van der Waals surface area contributed by atoms with Crippen LogP contribution < -0.4 is 16.2 Å². The predicted octanol–water partition coefficient (Wildman–Crippen LogP) is 1.72. The molecule has 0 fully saturated rings. The molecular formula is C12H16BrN3O4. The maximum Gasteiger partial charge on any atom is 0.274 e. The Hall–Kier alpha value is -1.67. The van der Waals surface area contributed by atoms with E-state index in [4.69, 9.17) is 16.2 Å². The maximum atomic E-state index is 11.2. The van der Waals surface area contributed by atoms with E-state index in [1.54, 1.807) is 13.0 Å².